The number of hydrogen-bond donors (Lipinski definition) is 1. The molecule has 0 spiro atoms. The van der Waals surface area contributed by atoms with E-state index in [-0.39, 0.29) is 22.1 Å². The number of rotatable bonds is 5. The molecule has 6 nitrogen and oxygen atoms in total. The summed E-state index contributed by atoms with van der Waals surface area (Å²) >= 11 is 0. The van der Waals surface area contributed by atoms with Gasteiger partial charge in [-0.15, -0.1) is 0 Å². The van der Waals surface area contributed by atoms with Crippen LogP contribution < -0.4 is 10.1 Å². The summed E-state index contributed by atoms with van der Waals surface area (Å²) < 4.78 is 34.9. The van der Waals surface area contributed by atoms with E-state index in [9.17, 15) is 13.2 Å². The lowest BCUT2D eigenvalue weighted by atomic mass is 9.92. The van der Waals surface area contributed by atoms with Crippen LogP contribution in [-0.2, 0) is 10.0 Å². The second kappa shape index (κ2) is 7.96. The molecule has 7 heteroatoms. The molecule has 0 radical (unpaired) electrons. The quantitative estimate of drug-likeness (QED) is 0.675. The van der Waals surface area contributed by atoms with Gasteiger partial charge in [-0.2, -0.15) is 12.8 Å². The first kappa shape index (κ1) is 19.6. The number of ether oxygens (including phenoxy) is 1. The van der Waals surface area contributed by atoms with Crippen LogP contribution in [0.25, 0.3) is 0 Å². The summed E-state index contributed by atoms with van der Waals surface area (Å²) in [5.74, 6) is 0.319. The Labute approximate surface area is 174 Å². The van der Waals surface area contributed by atoms with Gasteiger partial charge in [-0.1, -0.05) is 42.5 Å². The van der Waals surface area contributed by atoms with Crippen molar-refractivity contribution in [1.29, 1.82) is 0 Å². The molecule has 1 N–H and O–H groups in total. The fourth-order valence-electron chi connectivity index (χ4n) is 3.10. The zero-order valence-electron chi connectivity index (χ0n) is 16.1. The first-order valence-electron chi connectivity index (χ1n) is 9.15. The van der Waals surface area contributed by atoms with Crippen LogP contribution >= 0.6 is 0 Å². The highest BCUT2D eigenvalue weighted by atomic mass is 32.2. The molecular formula is C23H18N2O4S. The Hall–Kier alpha value is -3.71. The standard InChI is InChI=1S/C23H18N2O4S/c1-29-17-11-13-18(14-12-17)30(27,28)25-21-15-22(24-16-7-3-2-4-8-16)23(26)20-10-6-5-9-19(20)21/h2-15,24H,1H3. The van der Waals surface area contributed by atoms with Crippen molar-refractivity contribution in [2.75, 3.05) is 12.4 Å². The Morgan fingerprint density at radius 1 is 0.833 bits per heavy atom. The first-order chi connectivity index (χ1) is 14.5. The van der Waals surface area contributed by atoms with E-state index in [2.05, 4.69) is 9.71 Å². The fourth-order valence-corrected chi connectivity index (χ4v) is 4.10. The van der Waals surface area contributed by atoms with Crippen molar-refractivity contribution in [3.63, 3.8) is 0 Å². The van der Waals surface area contributed by atoms with E-state index >= 15 is 0 Å². The van der Waals surface area contributed by atoms with Crippen LogP contribution in [0.1, 0.15) is 15.9 Å². The Balaban J connectivity index is 1.79. The van der Waals surface area contributed by atoms with Gasteiger partial charge in [-0.05, 0) is 42.5 Å². The zero-order chi connectivity index (χ0) is 21.1. The number of fused-ring (bicyclic) bond motifs is 1. The Bertz CT molecular complexity index is 1260. The molecule has 30 heavy (non-hydrogen) atoms. The summed E-state index contributed by atoms with van der Waals surface area (Å²) in [6.07, 6.45) is 1.47. The van der Waals surface area contributed by atoms with Gasteiger partial charge in [-0.25, -0.2) is 0 Å². The van der Waals surface area contributed by atoms with Gasteiger partial charge in [0, 0.05) is 16.8 Å². The van der Waals surface area contributed by atoms with Gasteiger partial charge in [-0.3, -0.25) is 4.79 Å². The van der Waals surface area contributed by atoms with E-state index in [1.54, 1.807) is 36.4 Å². The van der Waals surface area contributed by atoms with Crippen LogP contribution in [-0.4, -0.2) is 27.0 Å². The summed E-state index contributed by atoms with van der Waals surface area (Å²) in [7, 11) is -2.49. The summed E-state index contributed by atoms with van der Waals surface area (Å²) in [4.78, 5) is 13.0. The van der Waals surface area contributed by atoms with E-state index < -0.39 is 10.0 Å². The molecule has 1 aliphatic rings. The molecule has 0 fully saturated rings. The number of Topliss-reactive ketones (excluding diaryl/α,β-unsaturated/α-hetero) is 1. The molecule has 0 amide bonds. The van der Waals surface area contributed by atoms with Crippen LogP contribution in [0.15, 0.2) is 99.9 Å². The fraction of sp³-hybridized carbons (Fsp3) is 0.0435. The molecule has 150 valence electrons. The third-order valence-corrected chi connectivity index (χ3v) is 5.91. The SMILES string of the molecule is COc1ccc(S(=O)(=O)N=C2C=C(Nc3ccccc3)C(=O)c3ccccc32)cc1. The maximum Gasteiger partial charge on any atom is 0.282 e. The molecule has 0 aromatic heterocycles. The average molecular weight is 418 g/mol. The van der Waals surface area contributed by atoms with Gasteiger partial charge in [0.15, 0.2) is 0 Å². The summed E-state index contributed by atoms with van der Waals surface area (Å²) in [6.45, 7) is 0. The monoisotopic (exact) mass is 418 g/mol. The van der Waals surface area contributed by atoms with Crippen molar-refractivity contribution >= 4 is 27.2 Å². The van der Waals surface area contributed by atoms with Crippen molar-refractivity contribution in [2.45, 2.75) is 4.90 Å². The number of ketones is 1. The highest BCUT2D eigenvalue weighted by Crippen LogP contribution is 2.25. The topological polar surface area (TPSA) is 84.8 Å². The molecule has 0 saturated heterocycles. The van der Waals surface area contributed by atoms with Crippen molar-refractivity contribution in [1.82, 2.24) is 0 Å². The highest BCUT2D eigenvalue weighted by Gasteiger charge is 2.26. The minimum absolute atomic E-state index is 0.0381. The maximum atomic E-state index is 12.9. The van der Waals surface area contributed by atoms with Crippen LogP contribution in [0.4, 0.5) is 5.69 Å². The van der Waals surface area contributed by atoms with Gasteiger partial charge >= 0.3 is 0 Å². The maximum absolute atomic E-state index is 12.9. The number of carbonyl (C=O) groups is 1. The van der Waals surface area contributed by atoms with Gasteiger partial charge in [0.1, 0.15) is 5.75 Å². The molecule has 0 saturated carbocycles. The van der Waals surface area contributed by atoms with Gasteiger partial charge in [0.25, 0.3) is 10.0 Å². The lowest BCUT2D eigenvalue weighted by Crippen LogP contribution is -2.22. The molecule has 1 aliphatic carbocycles. The van der Waals surface area contributed by atoms with Crippen LogP contribution in [0, 0.1) is 0 Å². The minimum Gasteiger partial charge on any atom is -0.497 e. The molecule has 4 rings (SSSR count). The van der Waals surface area contributed by atoms with Crippen molar-refractivity contribution in [3.8, 4) is 5.75 Å². The smallest absolute Gasteiger partial charge is 0.282 e. The predicted molar refractivity (Wildman–Crippen MR) is 116 cm³/mol. The van der Waals surface area contributed by atoms with E-state index in [0.29, 0.717) is 22.6 Å². The number of nitrogens with one attached hydrogen (secondary N) is 1. The Kier molecular flexibility index (Phi) is 5.20. The second-order valence-corrected chi connectivity index (χ2v) is 8.15. The number of methoxy groups -OCH3 is 1. The molecule has 3 aromatic rings. The molecule has 0 heterocycles. The van der Waals surface area contributed by atoms with Gasteiger partial charge in [0.2, 0.25) is 5.78 Å². The number of hydrogen-bond acceptors (Lipinski definition) is 5. The number of carbonyl (C=O) groups excluding carboxylic acids is 1. The summed E-state index contributed by atoms with van der Waals surface area (Å²) in [5, 5.41) is 3.06. The third-order valence-electron chi connectivity index (χ3n) is 4.60. The lowest BCUT2D eigenvalue weighted by Gasteiger charge is -2.18. The molecule has 0 aliphatic heterocycles. The summed E-state index contributed by atoms with van der Waals surface area (Å²) in [5.41, 5.74) is 2.03. The average Bonchev–Trinajstić information content (AvgIpc) is 2.77. The van der Waals surface area contributed by atoms with E-state index in [1.807, 2.05) is 30.3 Å². The van der Waals surface area contributed by atoms with Crippen LogP contribution in [0.5, 0.6) is 5.75 Å². The number of benzene rings is 3. The van der Waals surface area contributed by atoms with Crippen molar-refractivity contribution < 1.29 is 17.9 Å². The predicted octanol–water partition coefficient (Wildman–Crippen LogP) is 4.07. The Morgan fingerprint density at radius 3 is 2.13 bits per heavy atom. The zero-order valence-corrected chi connectivity index (χ0v) is 16.9. The number of sulfonamides is 1. The second-order valence-electron chi connectivity index (χ2n) is 6.55. The number of anilines is 1. The number of nitrogens with zero attached hydrogens (tertiary/aromatic N) is 1. The molecule has 0 bridgehead atoms. The number of allylic oxidation sites excluding steroid dienone is 2. The molecule has 0 atom stereocenters. The largest absolute Gasteiger partial charge is 0.497 e. The third kappa shape index (κ3) is 3.88. The van der Waals surface area contributed by atoms with E-state index in [0.717, 1.165) is 0 Å². The van der Waals surface area contributed by atoms with E-state index in [1.165, 1.54) is 25.3 Å². The molecular weight excluding hydrogens is 400 g/mol. The van der Waals surface area contributed by atoms with Gasteiger partial charge < -0.3 is 10.1 Å². The van der Waals surface area contributed by atoms with Crippen molar-refractivity contribution in [3.05, 3.63) is 102 Å². The summed E-state index contributed by atoms with van der Waals surface area (Å²) in [6, 6.07) is 22.0. The van der Waals surface area contributed by atoms with Gasteiger partial charge in [0.05, 0.1) is 23.4 Å². The van der Waals surface area contributed by atoms with Crippen LogP contribution in [0.3, 0.4) is 0 Å². The van der Waals surface area contributed by atoms with E-state index in [4.69, 9.17) is 4.74 Å². The highest BCUT2D eigenvalue weighted by molar-refractivity contribution is 7.90. The van der Waals surface area contributed by atoms with Crippen molar-refractivity contribution in [2.24, 2.45) is 4.40 Å². The normalized spacial score (nSPS) is 14.8. The lowest BCUT2D eigenvalue weighted by molar-refractivity contribution is 0.103. The molecule has 3 aromatic carbocycles. The minimum atomic E-state index is -3.99. The first-order valence-corrected chi connectivity index (χ1v) is 10.6. The molecule has 0 unspecified atom stereocenters. The Morgan fingerprint density at radius 2 is 1.47 bits per heavy atom. The number of para-hydroxylation sites is 1. The van der Waals surface area contributed by atoms with Crippen LogP contribution in [0.2, 0.25) is 0 Å².